The van der Waals surface area contributed by atoms with Crippen LogP contribution in [0.25, 0.3) is 0 Å². The van der Waals surface area contributed by atoms with Crippen LogP contribution in [0.2, 0.25) is 5.02 Å². The van der Waals surface area contributed by atoms with Crippen molar-refractivity contribution in [3.63, 3.8) is 0 Å². The van der Waals surface area contributed by atoms with Crippen molar-refractivity contribution in [2.75, 3.05) is 26.2 Å². The Kier molecular flexibility index (Phi) is 6.11. The molecule has 1 fully saturated rings. The Hall–Kier alpha value is -2.40. The van der Waals surface area contributed by atoms with E-state index < -0.39 is 0 Å². The predicted molar refractivity (Wildman–Crippen MR) is 103 cm³/mol. The quantitative estimate of drug-likeness (QED) is 0.802. The van der Waals surface area contributed by atoms with Crippen molar-refractivity contribution >= 4 is 23.4 Å². The number of nitrogens with zero attached hydrogens (tertiary/aromatic N) is 2. The highest BCUT2D eigenvalue weighted by Gasteiger charge is 2.27. The molecule has 1 aliphatic heterocycles. The topological polar surface area (TPSA) is 40.6 Å². The second-order valence-corrected chi connectivity index (χ2v) is 7.29. The van der Waals surface area contributed by atoms with E-state index in [0.29, 0.717) is 43.2 Å². The SMILES string of the molecule is CC(Cc1ccc(F)cc1)C(=O)N1CCN(C(=O)c2ccc(Cl)cc2)CC1. The molecular weight excluding hydrogens is 367 g/mol. The molecule has 0 bridgehead atoms. The van der Waals surface area contributed by atoms with Crippen molar-refractivity contribution in [2.45, 2.75) is 13.3 Å². The molecule has 3 rings (SSSR count). The maximum Gasteiger partial charge on any atom is 0.253 e. The third-order valence-corrected chi connectivity index (χ3v) is 5.10. The highest BCUT2D eigenvalue weighted by atomic mass is 35.5. The molecule has 0 aliphatic carbocycles. The van der Waals surface area contributed by atoms with Crippen LogP contribution in [0.5, 0.6) is 0 Å². The summed E-state index contributed by atoms with van der Waals surface area (Å²) in [5, 5.41) is 0.595. The first-order valence-electron chi connectivity index (χ1n) is 9.02. The Morgan fingerprint density at radius 1 is 0.963 bits per heavy atom. The summed E-state index contributed by atoms with van der Waals surface area (Å²) in [5.74, 6) is -0.441. The highest BCUT2D eigenvalue weighted by molar-refractivity contribution is 6.30. The van der Waals surface area contributed by atoms with Gasteiger partial charge in [-0.15, -0.1) is 0 Å². The van der Waals surface area contributed by atoms with Crippen molar-refractivity contribution in [3.05, 3.63) is 70.5 Å². The summed E-state index contributed by atoms with van der Waals surface area (Å²) in [6, 6.07) is 13.1. The number of halogens is 2. The summed E-state index contributed by atoms with van der Waals surface area (Å²) in [6.45, 7) is 3.95. The minimum atomic E-state index is -0.279. The Labute approximate surface area is 163 Å². The lowest BCUT2D eigenvalue weighted by Crippen LogP contribution is -2.51. The number of hydrogen-bond acceptors (Lipinski definition) is 2. The first-order chi connectivity index (χ1) is 12.9. The molecule has 1 heterocycles. The van der Waals surface area contributed by atoms with Gasteiger partial charge in [0.25, 0.3) is 5.91 Å². The lowest BCUT2D eigenvalue weighted by molar-refractivity contribution is -0.136. The molecule has 142 valence electrons. The predicted octanol–water partition coefficient (Wildman–Crippen LogP) is 3.64. The van der Waals surface area contributed by atoms with E-state index in [1.807, 2.05) is 6.92 Å². The van der Waals surface area contributed by atoms with Gasteiger partial charge in [-0.05, 0) is 48.4 Å². The van der Waals surface area contributed by atoms with E-state index >= 15 is 0 Å². The second kappa shape index (κ2) is 8.53. The first kappa shape index (κ1) is 19.4. The van der Waals surface area contributed by atoms with Crippen molar-refractivity contribution in [1.82, 2.24) is 9.80 Å². The molecule has 0 N–H and O–H groups in total. The number of hydrogen-bond donors (Lipinski definition) is 0. The van der Waals surface area contributed by atoms with E-state index in [1.165, 1.54) is 12.1 Å². The Balaban J connectivity index is 1.53. The van der Waals surface area contributed by atoms with E-state index in [2.05, 4.69) is 0 Å². The lowest BCUT2D eigenvalue weighted by Gasteiger charge is -2.36. The van der Waals surface area contributed by atoms with Gasteiger partial charge in [-0.1, -0.05) is 30.7 Å². The zero-order valence-corrected chi connectivity index (χ0v) is 16.0. The summed E-state index contributed by atoms with van der Waals surface area (Å²) in [6.07, 6.45) is 0.572. The van der Waals surface area contributed by atoms with Gasteiger partial charge in [-0.3, -0.25) is 9.59 Å². The van der Waals surface area contributed by atoms with Crippen LogP contribution >= 0.6 is 11.6 Å². The van der Waals surface area contributed by atoms with Gasteiger partial charge in [0, 0.05) is 42.7 Å². The third-order valence-electron chi connectivity index (χ3n) is 4.85. The molecule has 2 amide bonds. The summed E-state index contributed by atoms with van der Waals surface area (Å²) in [7, 11) is 0. The van der Waals surface area contributed by atoms with Crippen molar-refractivity contribution < 1.29 is 14.0 Å². The molecule has 27 heavy (non-hydrogen) atoms. The Bertz CT molecular complexity index is 800. The molecule has 0 spiro atoms. The first-order valence-corrected chi connectivity index (χ1v) is 9.40. The van der Waals surface area contributed by atoms with Crippen LogP contribution in [-0.4, -0.2) is 47.8 Å². The van der Waals surface area contributed by atoms with Gasteiger partial charge in [0.05, 0.1) is 0 Å². The van der Waals surface area contributed by atoms with Crippen LogP contribution in [0.15, 0.2) is 48.5 Å². The van der Waals surface area contributed by atoms with Crippen LogP contribution < -0.4 is 0 Å². The van der Waals surface area contributed by atoms with Crippen LogP contribution in [-0.2, 0) is 11.2 Å². The molecule has 4 nitrogen and oxygen atoms in total. The zero-order valence-electron chi connectivity index (χ0n) is 15.2. The third kappa shape index (κ3) is 4.86. The number of piperazine rings is 1. The molecule has 2 aromatic carbocycles. The summed E-state index contributed by atoms with van der Waals surface area (Å²) < 4.78 is 13.0. The fraction of sp³-hybridized carbons (Fsp3) is 0.333. The molecule has 1 aliphatic rings. The summed E-state index contributed by atoms with van der Waals surface area (Å²) in [4.78, 5) is 28.8. The zero-order chi connectivity index (χ0) is 19.4. The molecule has 1 saturated heterocycles. The van der Waals surface area contributed by atoms with E-state index in [9.17, 15) is 14.0 Å². The van der Waals surface area contributed by atoms with Gasteiger partial charge < -0.3 is 9.80 Å². The van der Waals surface area contributed by atoms with Gasteiger partial charge in [-0.2, -0.15) is 0 Å². The molecule has 0 saturated carbocycles. The molecule has 1 unspecified atom stereocenters. The van der Waals surface area contributed by atoms with Crippen LogP contribution in [0.4, 0.5) is 4.39 Å². The van der Waals surface area contributed by atoms with Crippen LogP contribution in [0.1, 0.15) is 22.8 Å². The largest absolute Gasteiger partial charge is 0.339 e. The van der Waals surface area contributed by atoms with Crippen molar-refractivity contribution in [1.29, 1.82) is 0 Å². The summed E-state index contributed by atoms with van der Waals surface area (Å²) in [5.41, 5.74) is 1.54. The normalized spacial score (nSPS) is 15.5. The Morgan fingerprint density at radius 3 is 2.11 bits per heavy atom. The summed E-state index contributed by atoms with van der Waals surface area (Å²) >= 11 is 5.86. The van der Waals surface area contributed by atoms with E-state index in [-0.39, 0.29) is 23.5 Å². The van der Waals surface area contributed by atoms with Gasteiger partial charge >= 0.3 is 0 Å². The van der Waals surface area contributed by atoms with Gasteiger partial charge in [-0.25, -0.2) is 4.39 Å². The van der Waals surface area contributed by atoms with Gasteiger partial charge in [0.2, 0.25) is 5.91 Å². The maximum absolute atomic E-state index is 13.0. The van der Waals surface area contributed by atoms with E-state index in [1.54, 1.807) is 46.2 Å². The lowest BCUT2D eigenvalue weighted by atomic mass is 9.99. The Morgan fingerprint density at radius 2 is 1.52 bits per heavy atom. The average Bonchev–Trinajstić information content (AvgIpc) is 2.69. The number of carbonyl (C=O) groups is 2. The maximum atomic E-state index is 13.0. The van der Waals surface area contributed by atoms with Gasteiger partial charge in [0.15, 0.2) is 0 Å². The number of rotatable bonds is 4. The van der Waals surface area contributed by atoms with Crippen LogP contribution in [0, 0.1) is 11.7 Å². The van der Waals surface area contributed by atoms with Crippen LogP contribution in [0.3, 0.4) is 0 Å². The van der Waals surface area contributed by atoms with Crippen molar-refractivity contribution in [2.24, 2.45) is 5.92 Å². The standard InChI is InChI=1S/C21H22ClFN2O2/c1-15(14-16-2-8-19(23)9-3-16)20(26)24-10-12-25(13-11-24)21(27)17-4-6-18(22)7-5-17/h2-9,15H,10-14H2,1H3. The fourth-order valence-electron chi connectivity index (χ4n) is 3.28. The van der Waals surface area contributed by atoms with Crippen molar-refractivity contribution in [3.8, 4) is 0 Å². The molecule has 0 aromatic heterocycles. The minimum absolute atomic E-state index is 0.0434. The van der Waals surface area contributed by atoms with E-state index in [0.717, 1.165) is 5.56 Å². The molecule has 0 radical (unpaired) electrons. The van der Waals surface area contributed by atoms with E-state index in [4.69, 9.17) is 11.6 Å². The van der Waals surface area contributed by atoms with Gasteiger partial charge in [0.1, 0.15) is 5.82 Å². The minimum Gasteiger partial charge on any atom is -0.339 e. The number of amides is 2. The number of benzene rings is 2. The molecule has 2 aromatic rings. The highest BCUT2D eigenvalue weighted by Crippen LogP contribution is 2.16. The molecule has 6 heteroatoms. The monoisotopic (exact) mass is 388 g/mol. The fourth-order valence-corrected chi connectivity index (χ4v) is 3.40. The molecule has 1 atom stereocenters. The second-order valence-electron chi connectivity index (χ2n) is 6.86. The number of carbonyl (C=O) groups excluding carboxylic acids is 2. The average molecular weight is 389 g/mol. The molecular formula is C21H22ClFN2O2. The smallest absolute Gasteiger partial charge is 0.253 e.